The summed E-state index contributed by atoms with van der Waals surface area (Å²) in [5.74, 6) is -2.28. The van der Waals surface area contributed by atoms with Crippen molar-refractivity contribution in [2.75, 3.05) is 19.6 Å². The number of halogens is 2. The summed E-state index contributed by atoms with van der Waals surface area (Å²) in [6, 6.07) is 3.09. The summed E-state index contributed by atoms with van der Waals surface area (Å²) in [4.78, 5) is 24.8. The highest BCUT2D eigenvalue weighted by molar-refractivity contribution is 5.80. The van der Waals surface area contributed by atoms with Crippen molar-refractivity contribution < 1.29 is 23.1 Å². The van der Waals surface area contributed by atoms with E-state index in [1.807, 2.05) is 6.92 Å². The summed E-state index contributed by atoms with van der Waals surface area (Å²) < 4.78 is 31.1. The lowest BCUT2D eigenvalue weighted by atomic mass is 10.3. The molecule has 0 unspecified atom stereocenters. The Morgan fingerprint density at radius 1 is 1.30 bits per heavy atom. The first-order chi connectivity index (χ1) is 10.8. The van der Waals surface area contributed by atoms with Crippen LogP contribution in [0.2, 0.25) is 0 Å². The zero-order valence-corrected chi connectivity index (χ0v) is 13.6. The average molecular weight is 328 g/mol. The van der Waals surface area contributed by atoms with Crippen LogP contribution in [0.1, 0.15) is 27.2 Å². The Balaban J connectivity index is 2.36. The fourth-order valence-corrected chi connectivity index (χ4v) is 1.97. The van der Waals surface area contributed by atoms with Crippen molar-refractivity contribution in [2.45, 2.75) is 33.3 Å². The summed E-state index contributed by atoms with van der Waals surface area (Å²) in [5, 5.41) is 2.68. The molecule has 2 amide bonds. The van der Waals surface area contributed by atoms with E-state index in [2.05, 4.69) is 5.32 Å². The zero-order chi connectivity index (χ0) is 17.4. The van der Waals surface area contributed by atoms with Crippen molar-refractivity contribution in [3.63, 3.8) is 0 Å². The van der Waals surface area contributed by atoms with Crippen LogP contribution in [0.5, 0.6) is 5.75 Å². The first kappa shape index (κ1) is 18.9. The normalized spacial score (nSPS) is 11.7. The Bertz CT molecular complexity index is 552. The summed E-state index contributed by atoms with van der Waals surface area (Å²) >= 11 is 0. The molecule has 0 aromatic heterocycles. The molecule has 23 heavy (non-hydrogen) atoms. The van der Waals surface area contributed by atoms with Crippen molar-refractivity contribution in [1.29, 1.82) is 0 Å². The van der Waals surface area contributed by atoms with Crippen molar-refractivity contribution in [2.24, 2.45) is 0 Å². The van der Waals surface area contributed by atoms with Crippen LogP contribution in [0, 0.1) is 11.6 Å². The minimum atomic E-state index is -1.03. The molecule has 1 aromatic rings. The van der Waals surface area contributed by atoms with Crippen LogP contribution in [-0.4, -0.2) is 42.5 Å². The maximum absolute atomic E-state index is 13.1. The molecule has 128 valence electrons. The number of nitrogens with zero attached hydrogens (tertiary/aromatic N) is 1. The van der Waals surface area contributed by atoms with Gasteiger partial charge in [0.25, 0.3) is 5.91 Å². The molecule has 0 radical (unpaired) electrons. The van der Waals surface area contributed by atoms with E-state index in [0.29, 0.717) is 26.1 Å². The van der Waals surface area contributed by atoms with E-state index in [1.165, 1.54) is 19.9 Å². The van der Waals surface area contributed by atoms with Gasteiger partial charge in [-0.15, -0.1) is 0 Å². The molecule has 0 aliphatic heterocycles. The van der Waals surface area contributed by atoms with E-state index in [-0.39, 0.29) is 17.6 Å². The molecule has 1 atom stereocenters. The van der Waals surface area contributed by atoms with Gasteiger partial charge in [-0.2, -0.15) is 0 Å². The number of ether oxygens (including phenoxy) is 1. The van der Waals surface area contributed by atoms with Crippen molar-refractivity contribution in [3.05, 3.63) is 29.8 Å². The minimum absolute atomic E-state index is 0.00568. The second-order valence-corrected chi connectivity index (χ2v) is 5.08. The molecule has 0 bridgehead atoms. The first-order valence-electron chi connectivity index (χ1n) is 7.50. The molecule has 1 N–H and O–H groups in total. The number of benzene rings is 1. The molecule has 7 heteroatoms. The van der Waals surface area contributed by atoms with E-state index in [0.717, 1.165) is 12.1 Å². The van der Waals surface area contributed by atoms with Gasteiger partial charge in [0, 0.05) is 32.6 Å². The van der Waals surface area contributed by atoms with E-state index in [4.69, 9.17) is 4.74 Å². The Morgan fingerprint density at radius 3 is 2.57 bits per heavy atom. The third-order valence-electron chi connectivity index (χ3n) is 3.30. The molecule has 0 saturated carbocycles. The van der Waals surface area contributed by atoms with Crippen molar-refractivity contribution in [3.8, 4) is 5.75 Å². The number of hydrogen-bond donors (Lipinski definition) is 1. The summed E-state index contributed by atoms with van der Waals surface area (Å²) in [6.07, 6.45) is -0.216. The third kappa shape index (κ3) is 6.22. The number of hydrogen-bond acceptors (Lipinski definition) is 3. The largest absolute Gasteiger partial charge is 0.481 e. The van der Waals surface area contributed by atoms with Gasteiger partial charge in [-0.05, 0) is 32.4 Å². The molecule has 0 spiro atoms. The molecule has 0 fully saturated rings. The minimum Gasteiger partial charge on any atom is -0.481 e. The molecule has 1 rings (SSSR count). The number of amides is 2. The second kappa shape index (κ2) is 9.07. The van der Waals surface area contributed by atoms with Crippen LogP contribution in [0.4, 0.5) is 8.78 Å². The van der Waals surface area contributed by atoms with Gasteiger partial charge in [0.2, 0.25) is 5.91 Å². The van der Waals surface area contributed by atoms with Gasteiger partial charge in [-0.3, -0.25) is 9.59 Å². The fraction of sp³-hybridized carbons (Fsp3) is 0.500. The monoisotopic (exact) mass is 328 g/mol. The molecule has 0 saturated heterocycles. The summed E-state index contributed by atoms with van der Waals surface area (Å²) in [6.45, 7) is 6.49. The lowest BCUT2D eigenvalue weighted by Crippen LogP contribution is -2.38. The SMILES string of the molecule is CCN(CCCNC(=O)[C@H](C)Oc1ccc(F)c(F)c1)C(C)=O. The lowest BCUT2D eigenvalue weighted by molar-refractivity contribution is -0.128. The van der Waals surface area contributed by atoms with Gasteiger partial charge in [-0.1, -0.05) is 0 Å². The Kier molecular flexibility index (Phi) is 7.44. The van der Waals surface area contributed by atoms with Crippen LogP contribution in [0.15, 0.2) is 18.2 Å². The van der Waals surface area contributed by atoms with E-state index >= 15 is 0 Å². The number of carbonyl (C=O) groups is 2. The Hall–Kier alpha value is -2.18. The molecular formula is C16H22F2N2O3. The topological polar surface area (TPSA) is 58.6 Å². The predicted octanol–water partition coefficient (Wildman–Crippen LogP) is 2.11. The van der Waals surface area contributed by atoms with Gasteiger partial charge in [-0.25, -0.2) is 8.78 Å². The van der Waals surface area contributed by atoms with Crippen LogP contribution in [0.25, 0.3) is 0 Å². The van der Waals surface area contributed by atoms with Crippen LogP contribution in [0.3, 0.4) is 0 Å². The number of rotatable bonds is 8. The Labute approximate surface area is 134 Å². The van der Waals surface area contributed by atoms with Crippen LogP contribution < -0.4 is 10.1 Å². The van der Waals surface area contributed by atoms with Gasteiger partial charge < -0.3 is 15.0 Å². The highest BCUT2D eigenvalue weighted by Crippen LogP contribution is 2.16. The first-order valence-corrected chi connectivity index (χ1v) is 7.50. The standard InChI is InChI=1S/C16H22F2N2O3/c1-4-20(12(3)21)9-5-8-19-16(22)11(2)23-13-6-7-14(17)15(18)10-13/h6-7,10-11H,4-5,8-9H2,1-3H3,(H,19,22)/t11-/m0/s1. The molecule has 0 heterocycles. The highest BCUT2D eigenvalue weighted by Gasteiger charge is 2.15. The molecular weight excluding hydrogens is 306 g/mol. The predicted molar refractivity (Wildman–Crippen MR) is 82.0 cm³/mol. The lowest BCUT2D eigenvalue weighted by Gasteiger charge is -2.19. The molecule has 0 aliphatic carbocycles. The van der Waals surface area contributed by atoms with E-state index in [1.54, 1.807) is 4.90 Å². The molecule has 1 aromatic carbocycles. The average Bonchev–Trinajstić information content (AvgIpc) is 2.50. The quantitative estimate of drug-likeness (QED) is 0.744. The van der Waals surface area contributed by atoms with Crippen molar-refractivity contribution in [1.82, 2.24) is 10.2 Å². The maximum Gasteiger partial charge on any atom is 0.260 e. The smallest absolute Gasteiger partial charge is 0.260 e. The van der Waals surface area contributed by atoms with Gasteiger partial charge in [0.05, 0.1) is 0 Å². The number of nitrogens with one attached hydrogen (secondary N) is 1. The van der Waals surface area contributed by atoms with E-state index < -0.39 is 17.7 Å². The van der Waals surface area contributed by atoms with Crippen LogP contribution in [-0.2, 0) is 9.59 Å². The van der Waals surface area contributed by atoms with Gasteiger partial charge in [0.1, 0.15) is 5.75 Å². The van der Waals surface area contributed by atoms with Crippen LogP contribution >= 0.6 is 0 Å². The molecule has 5 nitrogen and oxygen atoms in total. The fourth-order valence-electron chi connectivity index (χ4n) is 1.97. The zero-order valence-electron chi connectivity index (χ0n) is 13.6. The third-order valence-corrected chi connectivity index (χ3v) is 3.30. The summed E-state index contributed by atoms with van der Waals surface area (Å²) in [5.41, 5.74) is 0. The second-order valence-electron chi connectivity index (χ2n) is 5.08. The van der Waals surface area contributed by atoms with Crippen molar-refractivity contribution >= 4 is 11.8 Å². The maximum atomic E-state index is 13.1. The van der Waals surface area contributed by atoms with Gasteiger partial charge >= 0.3 is 0 Å². The number of carbonyl (C=O) groups excluding carboxylic acids is 2. The Morgan fingerprint density at radius 2 is 2.00 bits per heavy atom. The van der Waals surface area contributed by atoms with E-state index in [9.17, 15) is 18.4 Å². The molecule has 0 aliphatic rings. The highest BCUT2D eigenvalue weighted by atomic mass is 19.2. The summed E-state index contributed by atoms with van der Waals surface area (Å²) in [7, 11) is 0. The van der Waals surface area contributed by atoms with Gasteiger partial charge in [0.15, 0.2) is 17.7 Å².